The highest BCUT2D eigenvalue weighted by Crippen LogP contribution is 2.18. The first-order valence-electron chi connectivity index (χ1n) is 3.30. The highest BCUT2D eigenvalue weighted by atomic mass is 32.1. The minimum atomic E-state index is -1.17. The second-order valence-electron chi connectivity index (χ2n) is 2.46. The molecule has 0 spiro atoms. The normalized spacial score (nSPS) is 45.8. The number of hydrogen-bond donors (Lipinski definition) is 4. The predicted octanol–water partition coefficient (Wildman–Crippen LogP) is -1.44. The van der Waals surface area contributed by atoms with Gasteiger partial charge in [-0.05, 0) is 0 Å². The van der Waals surface area contributed by atoms with Gasteiger partial charge in [-0.25, -0.2) is 0 Å². The lowest BCUT2D eigenvalue weighted by Crippen LogP contribution is -2.51. The number of hydrogen-bond acceptors (Lipinski definition) is 5. The molecule has 0 unspecified atom stereocenters. The predicted molar refractivity (Wildman–Crippen MR) is 41.0 cm³/mol. The zero-order valence-corrected chi connectivity index (χ0v) is 6.69. The van der Waals surface area contributed by atoms with E-state index in [1.165, 1.54) is 0 Å². The highest BCUT2D eigenvalue weighted by molar-refractivity contribution is 7.80. The molecule has 5 heteroatoms. The first-order valence-corrected chi connectivity index (χ1v) is 3.94. The summed E-state index contributed by atoms with van der Waals surface area (Å²) in [5, 5.41) is 27.3. The molecule has 1 saturated heterocycles. The van der Waals surface area contributed by atoms with Crippen molar-refractivity contribution in [3.63, 3.8) is 0 Å². The van der Waals surface area contributed by atoms with Crippen LogP contribution in [0.1, 0.15) is 0 Å². The van der Waals surface area contributed by atoms with Crippen LogP contribution in [-0.2, 0) is 4.74 Å². The van der Waals surface area contributed by atoms with Gasteiger partial charge in [0.05, 0.1) is 6.10 Å². The van der Waals surface area contributed by atoms with Crippen LogP contribution in [-0.4, -0.2) is 45.5 Å². The SMILES string of the molecule is O[C@H]1[C@H](O)[C@@H](CS)O[CH][C@@H]1O. The van der Waals surface area contributed by atoms with Crippen molar-refractivity contribution in [2.45, 2.75) is 24.4 Å². The number of thiol groups is 1. The molecule has 1 rings (SSSR count). The fourth-order valence-corrected chi connectivity index (χ4v) is 1.22. The van der Waals surface area contributed by atoms with Crippen LogP contribution in [0.3, 0.4) is 0 Å². The Morgan fingerprint density at radius 2 is 1.91 bits per heavy atom. The van der Waals surface area contributed by atoms with Crippen molar-refractivity contribution < 1.29 is 20.1 Å². The Morgan fingerprint density at radius 3 is 2.45 bits per heavy atom. The molecular weight excluding hydrogens is 168 g/mol. The topological polar surface area (TPSA) is 69.9 Å². The van der Waals surface area contributed by atoms with Crippen molar-refractivity contribution in [1.82, 2.24) is 0 Å². The van der Waals surface area contributed by atoms with Gasteiger partial charge in [0, 0.05) is 5.75 Å². The standard InChI is InChI=1S/C6H11O4S/c7-3-1-10-4(2-11)6(9)5(3)8/h1,3-9,11H,2H2/t3-,4+,5+,6+/m0/s1. The van der Waals surface area contributed by atoms with Crippen molar-refractivity contribution in [3.05, 3.63) is 6.61 Å². The molecule has 1 fully saturated rings. The van der Waals surface area contributed by atoms with Gasteiger partial charge in [0.1, 0.15) is 24.9 Å². The third-order valence-electron chi connectivity index (χ3n) is 1.65. The van der Waals surface area contributed by atoms with E-state index >= 15 is 0 Å². The van der Waals surface area contributed by atoms with Crippen LogP contribution in [0.15, 0.2) is 0 Å². The Kier molecular flexibility index (Phi) is 3.15. The average Bonchev–Trinajstić information content (AvgIpc) is 2.01. The van der Waals surface area contributed by atoms with Gasteiger partial charge >= 0.3 is 0 Å². The summed E-state index contributed by atoms with van der Waals surface area (Å²) >= 11 is 3.90. The van der Waals surface area contributed by atoms with E-state index in [1.807, 2.05) is 0 Å². The van der Waals surface area contributed by atoms with E-state index in [4.69, 9.17) is 14.9 Å². The number of rotatable bonds is 1. The lowest BCUT2D eigenvalue weighted by Gasteiger charge is -2.33. The van der Waals surface area contributed by atoms with Crippen molar-refractivity contribution in [3.8, 4) is 0 Å². The van der Waals surface area contributed by atoms with E-state index in [9.17, 15) is 5.11 Å². The third-order valence-corrected chi connectivity index (χ3v) is 2.01. The summed E-state index contributed by atoms with van der Waals surface area (Å²) in [6, 6.07) is 0. The highest BCUT2D eigenvalue weighted by Gasteiger charge is 2.36. The zero-order chi connectivity index (χ0) is 8.43. The van der Waals surface area contributed by atoms with Gasteiger partial charge in [-0.1, -0.05) is 0 Å². The summed E-state index contributed by atoms with van der Waals surface area (Å²) in [7, 11) is 0. The van der Waals surface area contributed by atoms with Gasteiger partial charge in [0.2, 0.25) is 0 Å². The molecule has 0 saturated carbocycles. The number of aliphatic hydroxyl groups excluding tert-OH is 3. The van der Waals surface area contributed by atoms with Gasteiger partial charge in [-0.3, -0.25) is 0 Å². The molecule has 4 nitrogen and oxygen atoms in total. The van der Waals surface area contributed by atoms with Crippen LogP contribution in [0.2, 0.25) is 0 Å². The molecule has 1 aliphatic heterocycles. The lowest BCUT2D eigenvalue weighted by atomic mass is 10.0. The second-order valence-corrected chi connectivity index (χ2v) is 2.83. The molecule has 0 aromatic carbocycles. The Morgan fingerprint density at radius 1 is 1.27 bits per heavy atom. The van der Waals surface area contributed by atoms with Crippen molar-refractivity contribution >= 4 is 12.6 Å². The maximum atomic E-state index is 9.20. The molecule has 0 amide bonds. The Labute approximate surface area is 70.2 Å². The van der Waals surface area contributed by atoms with Crippen LogP contribution in [0.25, 0.3) is 0 Å². The minimum absolute atomic E-state index is 0.307. The molecule has 1 radical (unpaired) electrons. The fraction of sp³-hybridized carbons (Fsp3) is 0.833. The first kappa shape index (κ1) is 9.28. The van der Waals surface area contributed by atoms with Gasteiger partial charge < -0.3 is 20.1 Å². The van der Waals surface area contributed by atoms with Crippen LogP contribution < -0.4 is 0 Å². The second kappa shape index (κ2) is 3.73. The van der Waals surface area contributed by atoms with Crippen molar-refractivity contribution in [2.75, 3.05) is 5.75 Å². The maximum absolute atomic E-state index is 9.20. The largest absolute Gasteiger partial charge is 0.388 e. The van der Waals surface area contributed by atoms with Crippen LogP contribution in [0.5, 0.6) is 0 Å². The Hall–Kier alpha value is 0.190. The van der Waals surface area contributed by atoms with E-state index in [1.54, 1.807) is 0 Å². The minimum Gasteiger partial charge on any atom is -0.388 e. The molecule has 0 bridgehead atoms. The van der Waals surface area contributed by atoms with Gasteiger partial charge in [0.15, 0.2) is 0 Å². The van der Waals surface area contributed by atoms with Crippen molar-refractivity contribution in [1.29, 1.82) is 0 Å². The summed E-state index contributed by atoms with van der Waals surface area (Å²) in [6.45, 7) is 1.11. The van der Waals surface area contributed by atoms with E-state index in [-0.39, 0.29) is 0 Å². The molecule has 4 atom stereocenters. The molecule has 65 valence electrons. The summed E-state index contributed by atoms with van der Waals surface area (Å²) in [5.41, 5.74) is 0. The molecular formula is C6H11O4S. The molecule has 1 aliphatic rings. The Bertz CT molecular complexity index is 130. The number of ether oxygens (including phenoxy) is 1. The molecule has 1 heterocycles. The van der Waals surface area contributed by atoms with E-state index in [2.05, 4.69) is 12.6 Å². The van der Waals surface area contributed by atoms with E-state index in [0.29, 0.717) is 5.75 Å². The molecule has 3 N–H and O–H groups in total. The van der Waals surface area contributed by atoms with Crippen LogP contribution in [0, 0.1) is 6.61 Å². The zero-order valence-electron chi connectivity index (χ0n) is 5.79. The summed E-state index contributed by atoms with van der Waals surface area (Å²) in [5.74, 6) is 0.307. The van der Waals surface area contributed by atoms with Crippen molar-refractivity contribution in [2.24, 2.45) is 0 Å². The molecule has 0 aromatic rings. The quantitative estimate of drug-likeness (QED) is 0.372. The Balaban J connectivity index is 2.52. The molecule has 0 aliphatic carbocycles. The lowest BCUT2D eigenvalue weighted by molar-refractivity contribution is -0.153. The van der Waals surface area contributed by atoms with Crippen LogP contribution in [0.4, 0.5) is 0 Å². The smallest absolute Gasteiger partial charge is 0.115 e. The third kappa shape index (κ3) is 1.86. The van der Waals surface area contributed by atoms with Gasteiger partial charge in [0.25, 0.3) is 0 Å². The van der Waals surface area contributed by atoms with Gasteiger partial charge in [-0.15, -0.1) is 0 Å². The monoisotopic (exact) mass is 179 g/mol. The summed E-state index contributed by atoms with van der Waals surface area (Å²) in [4.78, 5) is 0. The fourth-order valence-electron chi connectivity index (χ4n) is 0.915. The number of aliphatic hydroxyl groups is 3. The average molecular weight is 179 g/mol. The van der Waals surface area contributed by atoms with Crippen LogP contribution >= 0.6 is 12.6 Å². The van der Waals surface area contributed by atoms with E-state index in [0.717, 1.165) is 6.61 Å². The van der Waals surface area contributed by atoms with Gasteiger partial charge in [-0.2, -0.15) is 12.6 Å². The first-order chi connectivity index (χ1) is 5.16. The summed E-state index contributed by atoms with van der Waals surface area (Å²) < 4.78 is 4.86. The molecule has 11 heavy (non-hydrogen) atoms. The molecule has 0 aromatic heterocycles. The maximum Gasteiger partial charge on any atom is 0.115 e. The summed E-state index contributed by atoms with van der Waals surface area (Å²) in [6.07, 6.45) is -3.87. The van der Waals surface area contributed by atoms with E-state index < -0.39 is 24.4 Å².